The maximum Gasteiger partial charge on any atom is 0.218 e. The lowest BCUT2D eigenvalue weighted by Gasteiger charge is -2.25. The third-order valence-electron chi connectivity index (χ3n) is 2.77. The first-order valence-corrected chi connectivity index (χ1v) is 6.65. The van der Waals surface area contributed by atoms with Crippen LogP contribution in [0.25, 0.3) is 0 Å². The summed E-state index contributed by atoms with van der Waals surface area (Å²) >= 11 is 17.4. The number of alkyl halides is 3. The predicted octanol–water partition coefficient (Wildman–Crippen LogP) is 3.87. The zero-order valence-electron chi connectivity index (χ0n) is 9.41. The molecule has 0 N–H and O–H groups in total. The first kappa shape index (κ1) is 14.4. The van der Waals surface area contributed by atoms with Crippen LogP contribution in [0, 0.1) is 5.82 Å². The lowest BCUT2D eigenvalue weighted by Crippen LogP contribution is -2.36. The van der Waals surface area contributed by atoms with E-state index in [1.54, 1.807) is 18.2 Å². The highest BCUT2D eigenvalue weighted by Gasteiger charge is 2.43. The van der Waals surface area contributed by atoms with Crippen LogP contribution in [0.2, 0.25) is 0 Å². The zero-order chi connectivity index (χ0) is 13.2. The second kappa shape index (κ2) is 5.93. The van der Waals surface area contributed by atoms with Gasteiger partial charge in [0.1, 0.15) is 11.9 Å². The molecule has 18 heavy (non-hydrogen) atoms. The molecule has 100 valence electrons. The van der Waals surface area contributed by atoms with E-state index in [2.05, 4.69) is 0 Å². The van der Waals surface area contributed by atoms with Gasteiger partial charge in [0.15, 0.2) is 0 Å². The van der Waals surface area contributed by atoms with Crippen molar-refractivity contribution in [1.29, 1.82) is 0 Å². The highest BCUT2D eigenvalue weighted by atomic mass is 35.6. The van der Waals surface area contributed by atoms with Crippen LogP contribution < -0.4 is 0 Å². The van der Waals surface area contributed by atoms with Gasteiger partial charge in [-0.2, -0.15) is 0 Å². The zero-order valence-corrected chi connectivity index (χ0v) is 11.7. The third-order valence-corrected chi connectivity index (χ3v) is 3.42. The van der Waals surface area contributed by atoms with Crippen molar-refractivity contribution in [2.24, 2.45) is 0 Å². The van der Waals surface area contributed by atoms with Crippen molar-refractivity contribution in [1.82, 2.24) is 0 Å². The minimum absolute atomic E-state index is 0.137. The number of rotatable bonds is 3. The maximum atomic E-state index is 13.4. The van der Waals surface area contributed by atoms with Crippen LogP contribution in [0.1, 0.15) is 12.0 Å². The molecule has 0 radical (unpaired) electrons. The van der Waals surface area contributed by atoms with Gasteiger partial charge in [-0.1, -0.05) is 53.0 Å². The minimum atomic E-state index is -1.53. The minimum Gasteiger partial charge on any atom is -0.371 e. The van der Waals surface area contributed by atoms with Crippen molar-refractivity contribution < 1.29 is 13.9 Å². The molecule has 2 rings (SSSR count). The van der Waals surface area contributed by atoms with E-state index in [1.165, 1.54) is 6.07 Å². The van der Waals surface area contributed by atoms with E-state index in [4.69, 9.17) is 44.3 Å². The molecule has 1 aliphatic heterocycles. The molecule has 0 spiro atoms. The van der Waals surface area contributed by atoms with Crippen LogP contribution in [0.3, 0.4) is 0 Å². The van der Waals surface area contributed by atoms with Crippen LogP contribution in [0.5, 0.6) is 0 Å². The molecule has 1 fully saturated rings. The molecule has 2 atom stereocenters. The summed E-state index contributed by atoms with van der Waals surface area (Å²) in [5, 5.41) is 0. The number of halogens is 4. The molecule has 0 bridgehead atoms. The van der Waals surface area contributed by atoms with Gasteiger partial charge in [-0.25, -0.2) is 4.39 Å². The van der Waals surface area contributed by atoms with Gasteiger partial charge in [0, 0.05) is 12.2 Å². The molecule has 2 nitrogen and oxygen atoms in total. The predicted molar refractivity (Wildman–Crippen MR) is 69.6 cm³/mol. The Morgan fingerprint density at radius 2 is 2.06 bits per heavy atom. The fourth-order valence-corrected chi connectivity index (χ4v) is 2.47. The largest absolute Gasteiger partial charge is 0.371 e. The molecular weight excluding hydrogens is 301 g/mol. The van der Waals surface area contributed by atoms with E-state index in [9.17, 15) is 4.39 Å². The molecule has 6 heteroatoms. The quantitative estimate of drug-likeness (QED) is 0.789. The number of benzene rings is 1. The summed E-state index contributed by atoms with van der Waals surface area (Å²) in [5.74, 6) is -0.304. The summed E-state index contributed by atoms with van der Waals surface area (Å²) in [6.07, 6.45) is -0.320. The summed E-state index contributed by atoms with van der Waals surface area (Å²) in [6.45, 7) is 0.610. The lowest BCUT2D eigenvalue weighted by molar-refractivity contribution is -0.0160. The molecule has 2 unspecified atom stereocenters. The van der Waals surface area contributed by atoms with Crippen LogP contribution >= 0.6 is 34.8 Å². The smallest absolute Gasteiger partial charge is 0.218 e. The first-order chi connectivity index (χ1) is 8.48. The van der Waals surface area contributed by atoms with Crippen LogP contribution in [0.15, 0.2) is 24.3 Å². The highest BCUT2D eigenvalue weighted by Crippen LogP contribution is 2.38. The van der Waals surface area contributed by atoms with Gasteiger partial charge < -0.3 is 9.47 Å². The molecule has 0 aromatic heterocycles. The number of ether oxygens (including phenoxy) is 2. The highest BCUT2D eigenvalue weighted by molar-refractivity contribution is 6.68. The van der Waals surface area contributed by atoms with Crippen molar-refractivity contribution in [2.75, 3.05) is 6.61 Å². The van der Waals surface area contributed by atoms with Crippen molar-refractivity contribution in [3.8, 4) is 0 Å². The fourth-order valence-electron chi connectivity index (χ4n) is 1.86. The molecule has 0 amide bonds. The van der Waals surface area contributed by atoms with Gasteiger partial charge >= 0.3 is 0 Å². The normalized spacial score (nSPS) is 24.4. The maximum absolute atomic E-state index is 13.4. The van der Waals surface area contributed by atoms with Gasteiger partial charge in [0.05, 0.1) is 12.7 Å². The Morgan fingerprint density at radius 1 is 1.33 bits per heavy atom. The molecule has 1 saturated heterocycles. The molecule has 0 saturated carbocycles. The first-order valence-electron chi connectivity index (χ1n) is 5.52. The Morgan fingerprint density at radius 3 is 2.72 bits per heavy atom. The Hall–Kier alpha value is -0.0600. The van der Waals surface area contributed by atoms with E-state index in [-0.39, 0.29) is 18.5 Å². The summed E-state index contributed by atoms with van der Waals surface area (Å²) in [7, 11) is 0. The van der Waals surface area contributed by atoms with Gasteiger partial charge in [-0.15, -0.1) is 0 Å². The number of hydrogen-bond acceptors (Lipinski definition) is 2. The summed E-state index contributed by atoms with van der Waals surface area (Å²) in [6, 6.07) is 6.42. The summed E-state index contributed by atoms with van der Waals surface area (Å²) < 4.78 is 22.8. The Labute approximate surface area is 120 Å². The van der Waals surface area contributed by atoms with E-state index in [1.807, 2.05) is 0 Å². The van der Waals surface area contributed by atoms with Crippen molar-refractivity contribution >= 4 is 34.8 Å². The van der Waals surface area contributed by atoms with Crippen molar-refractivity contribution in [2.45, 2.75) is 29.0 Å². The van der Waals surface area contributed by atoms with Gasteiger partial charge in [-0.3, -0.25) is 0 Å². The van der Waals surface area contributed by atoms with Gasteiger partial charge in [0.25, 0.3) is 0 Å². The van der Waals surface area contributed by atoms with E-state index in [0.29, 0.717) is 18.6 Å². The van der Waals surface area contributed by atoms with E-state index >= 15 is 0 Å². The second-order valence-corrected chi connectivity index (χ2v) is 6.43. The third kappa shape index (κ3) is 3.49. The molecular formula is C12H12Cl3FO2. The molecule has 0 aliphatic carbocycles. The molecule has 1 aromatic carbocycles. The number of hydrogen-bond donors (Lipinski definition) is 0. The van der Waals surface area contributed by atoms with Crippen LogP contribution in [-0.2, 0) is 16.1 Å². The lowest BCUT2D eigenvalue weighted by atomic mass is 10.2. The second-order valence-electron chi connectivity index (χ2n) is 4.06. The Kier molecular flexibility index (Phi) is 4.73. The van der Waals surface area contributed by atoms with Crippen molar-refractivity contribution in [3.63, 3.8) is 0 Å². The van der Waals surface area contributed by atoms with E-state index in [0.717, 1.165) is 0 Å². The molecule has 1 aromatic rings. The topological polar surface area (TPSA) is 18.5 Å². The monoisotopic (exact) mass is 312 g/mol. The molecule has 1 aliphatic rings. The molecule has 1 heterocycles. The van der Waals surface area contributed by atoms with Crippen LogP contribution in [-0.4, -0.2) is 22.6 Å². The van der Waals surface area contributed by atoms with Crippen molar-refractivity contribution in [3.05, 3.63) is 35.6 Å². The summed E-state index contributed by atoms with van der Waals surface area (Å²) in [5.41, 5.74) is 0.479. The Bertz CT molecular complexity index is 409. The van der Waals surface area contributed by atoms with Gasteiger partial charge in [0.2, 0.25) is 3.79 Å². The SMILES string of the molecule is Fc1ccccc1COC1CCOC1C(Cl)(Cl)Cl. The average molecular weight is 314 g/mol. The Balaban J connectivity index is 1.96. The average Bonchev–Trinajstić information content (AvgIpc) is 2.76. The van der Waals surface area contributed by atoms with E-state index < -0.39 is 9.90 Å². The standard InChI is InChI=1S/C12H12Cl3FO2/c13-12(14,15)11-10(5-6-17-11)18-7-8-3-1-2-4-9(8)16/h1-4,10-11H,5-7H2. The fraction of sp³-hybridized carbons (Fsp3) is 0.500. The summed E-state index contributed by atoms with van der Waals surface area (Å²) in [4.78, 5) is 0. The van der Waals surface area contributed by atoms with Crippen LogP contribution in [0.4, 0.5) is 4.39 Å². The van der Waals surface area contributed by atoms with Gasteiger partial charge in [-0.05, 0) is 12.5 Å².